The Kier molecular flexibility index (Phi) is 7.55. The normalized spacial score (nSPS) is 15.8. The average molecular weight is 445 g/mol. The number of ether oxygens (including phenoxy) is 1. The van der Waals surface area contributed by atoms with Crippen LogP contribution in [0.3, 0.4) is 0 Å². The van der Waals surface area contributed by atoms with E-state index >= 15 is 0 Å². The summed E-state index contributed by atoms with van der Waals surface area (Å²) in [5.74, 6) is 1.57. The molecule has 6 heteroatoms. The van der Waals surface area contributed by atoms with Gasteiger partial charge < -0.3 is 15.0 Å². The molecule has 0 spiro atoms. The molecule has 1 aliphatic heterocycles. The second-order valence-corrected chi connectivity index (χ2v) is 8.63. The molecule has 1 amide bonds. The summed E-state index contributed by atoms with van der Waals surface area (Å²) in [6.45, 7) is 6.90. The van der Waals surface area contributed by atoms with Crippen molar-refractivity contribution in [2.24, 2.45) is 5.92 Å². The maximum Gasteiger partial charge on any atom is 0.225 e. The molecule has 172 valence electrons. The number of piperidine rings is 1. The number of hydrogen-bond donors (Lipinski definition) is 1. The van der Waals surface area contributed by atoms with Crippen LogP contribution in [0.2, 0.25) is 0 Å². The molecule has 33 heavy (non-hydrogen) atoms. The molecule has 1 aliphatic rings. The molecule has 0 radical (unpaired) electrons. The summed E-state index contributed by atoms with van der Waals surface area (Å²) in [7, 11) is 0. The van der Waals surface area contributed by atoms with E-state index < -0.39 is 0 Å². The van der Waals surface area contributed by atoms with E-state index in [0.29, 0.717) is 25.6 Å². The molecular formula is C27H32N4O2. The van der Waals surface area contributed by atoms with E-state index in [1.165, 1.54) is 5.56 Å². The van der Waals surface area contributed by atoms with Gasteiger partial charge in [-0.05, 0) is 49.4 Å². The highest BCUT2D eigenvalue weighted by Gasteiger charge is 2.27. The van der Waals surface area contributed by atoms with Crippen LogP contribution < -0.4 is 15.0 Å². The number of aryl methyl sites for hydroxylation is 1. The molecule has 3 aromatic rings. The van der Waals surface area contributed by atoms with Gasteiger partial charge in [0.1, 0.15) is 5.75 Å². The van der Waals surface area contributed by atoms with Crippen molar-refractivity contribution >= 4 is 11.9 Å². The van der Waals surface area contributed by atoms with E-state index in [4.69, 9.17) is 4.74 Å². The molecule has 1 saturated heterocycles. The lowest BCUT2D eigenvalue weighted by atomic mass is 9.97. The zero-order valence-corrected chi connectivity index (χ0v) is 19.5. The van der Waals surface area contributed by atoms with E-state index in [2.05, 4.69) is 58.3 Å². The van der Waals surface area contributed by atoms with Gasteiger partial charge in [0.15, 0.2) is 0 Å². The Morgan fingerprint density at radius 3 is 2.48 bits per heavy atom. The summed E-state index contributed by atoms with van der Waals surface area (Å²) in [6.07, 6.45) is 6.55. The van der Waals surface area contributed by atoms with E-state index in [1.54, 1.807) is 0 Å². The van der Waals surface area contributed by atoms with Crippen molar-refractivity contribution < 1.29 is 9.53 Å². The lowest BCUT2D eigenvalue weighted by Gasteiger charge is -2.32. The fraction of sp³-hybridized carbons (Fsp3) is 0.370. The molecule has 1 atom stereocenters. The van der Waals surface area contributed by atoms with Gasteiger partial charge in [0.2, 0.25) is 11.9 Å². The van der Waals surface area contributed by atoms with Crippen molar-refractivity contribution in [1.29, 1.82) is 0 Å². The first-order valence-corrected chi connectivity index (χ1v) is 11.8. The van der Waals surface area contributed by atoms with Crippen LogP contribution in [0, 0.1) is 12.8 Å². The standard InChI is InChI=1S/C27H32N4O2/c1-3-15-33-25-12-8-21(9-13-25)16-28-26(32)23-5-4-14-31(19-23)27-29-17-24(18-30-27)22-10-6-20(2)7-11-22/h6-13,17-18,23H,3-5,14-16,19H2,1-2H3,(H,28,32). The Morgan fingerprint density at radius 2 is 1.79 bits per heavy atom. The highest BCUT2D eigenvalue weighted by atomic mass is 16.5. The van der Waals surface area contributed by atoms with Crippen molar-refractivity contribution in [3.05, 3.63) is 72.1 Å². The fourth-order valence-electron chi connectivity index (χ4n) is 4.01. The number of hydrogen-bond acceptors (Lipinski definition) is 5. The number of amides is 1. The van der Waals surface area contributed by atoms with Gasteiger partial charge in [0.05, 0.1) is 12.5 Å². The predicted octanol–water partition coefficient (Wildman–Crippen LogP) is 4.77. The van der Waals surface area contributed by atoms with Crippen LogP contribution in [0.1, 0.15) is 37.3 Å². The minimum atomic E-state index is -0.0636. The van der Waals surface area contributed by atoms with Gasteiger partial charge in [-0.15, -0.1) is 0 Å². The highest BCUT2D eigenvalue weighted by Crippen LogP contribution is 2.23. The highest BCUT2D eigenvalue weighted by molar-refractivity contribution is 5.79. The first kappa shape index (κ1) is 22.8. The third kappa shape index (κ3) is 6.09. The van der Waals surface area contributed by atoms with Crippen molar-refractivity contribution in [3.63, 3.8) is 0 Å². The third-order valence-corrected chi connectivity index (χ3v) is 5.96. The maximum absolute atomic E-state index is 12.8. The summed E-state index contributed by atoms with van der Waals surface area (Å²) in [6, 6.07) is 16.3. The van der Waals surface area contributed by atoms with Crippen LogP contribution in [0.5, 0.6) is 5.75 Å². The van der Waals surface area contributed by atoms with E-state index in [1.807, 2.05) is 36.7 Å². The Balaban J connectivity index is 1.31. The lowest BCUT2D eigenvalue weighted by Crippen LogP contribution is -2.43. The Hall–Kier alpha value is -3.41. The van der Waals surface area contributed by atoms with Crippen molar-refractivity contribution in [3.8, 4) is 16.9 Å². The van der Waals surface area contributed by atoms with Gasteiger partial charge in [0, 0.05) is 37.6 Å². The molecule has 1 unspecified atom stereocenters. The summed E-state index contributed by atoms with van der Waals surface area (Å²) >= 11 is 0. The third-order valence-electron chi connectivity index (χ3n) is 5.96. The van der Waals surface area contributed by atoms with E-state index in [0.717, 1.165) is 48.2 Å². The average Bonchev–Trinajstić information content (AvgIpc) is 2.87. The van der Waals surface area contributed by atoms with Crippen LogP contribution in [0.15, 0.2) is 60.9 Å². The molecule has 0 saturated carbocycles. The van der Waals surface area contributed by atoms with Gasteiger partial charge >= 0.3 is 0 Å². The summed E-state index contributed by atoms with van der Waals surface area (Å²) in [5, 5.41) is 3.09. The molecule has 2 heterocycles. The van der Waals surface area contributed by atoms with E-state index in [-0.39, 0.29) is 11.8 Å². The first-order chi connectivity index (χ1) is 16.1. The van der Waals surface area contributed by atoms with Gasteiger partial charge in [-0.2, -0.15) is 0 Å². The van der Waals surface area contributed by atoms with Crippen molar-refractivity contribution in [1.82, 2.24) is 15.3 Å². The smallest absolute Gasteiger partial charge is 0.225 e. The van der Waals surface area contributed by atoms with Gasteiger partial charge in [-0.3, -0.25) is 4.79 Å². The molecule has 2 aromatic carbocycles. The number of anilines is 1. The van der Waals surface area contributed by atoms with Gasteiger partial charge in [-0.25, -0.2) is 9.97 Å². The van der Waals surface area contributed by atoms with Crippen LogP contribution in [0.25, 0.3) is 11.1 Å². The zero-order valence-electron chi connectivity index (χ0n) is 19.5. The number of benzene rings is 2. The quantitative estimate of drug-likeness (QED) is 0.542. The fourth-order valence-corrected chi connectivity index (χ4v) is 4.01. The predicted molar refractivity (Wildman–Crippen MR) is 131 cm³/mol. The largest absolute Gasteiger partial charge is 0.494 e. The zero-order chi connectivity index (χ0) is 23.0. The van der Waals surface area contributed by atoms with Crippen LogP contribution in [0.4, 0.5) is 5.95 Å². The number of carbonyl (C=O) groups is 1. The lowest BCUT2D eigenvalue weighted by molar-refractivity contribution is -0.125. The molecular weight excluding hydrogens is 412 g/mol. The SMILES string of the molecule is CCCOc1ccc(CNC(=O)C2CCCN(c3ncc(-c4ccc(C)cc4)cn3)C2)cc1. The summed E-state index contributed by atoms with van der Waals surface area (Å²) in [4.78, 5) is 24.1. The minimum Gasteiger partial charge on any atom is -0.494 e. The monoisotopic (exact) mass is 444 g/mol. The second kappa shape index (κ2) is 10.9. The van der Waals surface area contributed by atoms with Crippen molar-refractivity contribution in [2.75, 3.05) is 24.6 Å². The van der Waals surface area contributed by atoms with Crippen LogP contribution in [-0.2, 0) is 11.3 Å². The van der Waals surface area contributed by atoms with Crippen molar-refractivity contribution in [2.45, 2.75) is 39.7 Å². The Bertz CT molecular complexity index is 1030. The molecule has 4 rings (SSSR count). The summed E-state index contributed by atoms with van der Waals surface area (Å²) < 4.78 is 5.62. The van der Waals surface area contributed by atoms with Gasteiger partial charge in [-0.1, -0.05) is 48.9 Å². The number of carbonyl (C=O) groups excluding carboxylic acids is 1. The van der Waals surface area contributed by atoms with Gasteiger partial charge in [0.25, 0.3) is 0 Å². The van der Waals surface area contributed by atoms with Crippen LogP contribution >= 0.6 is 0 Å². The molecule has 6 nitrogen and oxygen atoms in total. The number of aromatic nitrogens is 2. The molecule has 1 aromatic heterocycles. The topological polar surface area (TPSA) is 67.3 Å². The Morgan fingerprint density at radius 1 is 1.06 bits per heavy atom. The minimum absolute atomic E-state index is 0.0636. The molecule has 0 aliphatic carbocycles. The number of rotatable bonds is 8. The number of nitrogens with zero attached hydrogens (tertiary/aromatic N) is 3. The van der Waals surface area contributed by atoms with E-state index in [9.17, 15) is 4.79 Å². The Labute approximate surface area is 196 Å². The molecule has 0 bridgehead atoms. The maximum atomic E-state index is 12.8. The summed E-state index contributed by atoms with van der Waals surface area (Å²) in [5.41, 5.74) is 4.39. The first-order valence-electron chi connectivity index (χ1n) is 11.8. The van der Waals surface area contributed by atoms with Crippen LogP contribution in [-0.4, -0.2) is 35.6 Å². The molecule has 1 N–H and O–H groups in total. The second-order valence-electron chi connectivity index (χ2n) is 8.63. The number of nitrogens with one attached hydrogen (secondary N) is 1. The molecule has 1 fully saturated rings.